The van der Waals surface area contributed by atoms with Gasteiger partial charge in [0.25, 0.3) is 0 Å². The topological polar surface area (TPSA) is 251 Å². The minimum Gasteiger partial charge on any atom is -0.480 e. The molecule has 0 unspecified atom stereocenters. The summed E-state index contributed by atoms with van der Waals surface area (Å²) in [6, 6.07) is 2.51. The molecule has 0 saturated heterocycles. The first-order valence-corrected chi connectivity index (χ1v) is 13.0. The van der Waals surface area contributed by atoms with Gasteiger partial charge in [-0.1, -0.05) is 32.0 Å². The van der Waals surface area contributed by atoms with Crippen LogP contribution < -0.4 is 33.2 Å². The first-order valence-electron chi connectivity index (χ1n) is 13.0. The highest BCUT2D eigenvalue weighted by molar-refractivity contribution is 5.94. The molecule has 1 aromatic carbocycles. The zero-order chi connectivity index (χ0) is 30.0. The van der Waals surface area contributed by atoms with Crippen LogP contribution >= 0.6 is 0 Å². The summed E-state index contributed by atoms with van der Waals surface area (Å²) in [5.41, 5.74) is 18.0. The largest absolute Gasteiger partial charge is 0.480 e. The molecule has 0 bridgehead atoms. The van der Waals surface area contributed by atoms with E-state index in [1.165, 1.54) is 6.92 Å². The third-order valence-corrected chi connectivity index (χ3v) is 6.33. The smallest absolute Gasteiger partial charge is 0.326 e. The van der Waals surface area contributed by atoms with Crippen LogP contribution in [0.25, 0.3) is 10.9 Å². The molecular weight excluding hydrogens is 520 g/mol. The standard InChI is InChI=1S/C26H40N8O6/c1-13(2)20(33-22(36)17(27)8-6-10-30-26(28)29)23(37)34-21(14(3)35)24(38)32-19(25(39)40)11-15-12-31-18-9-5-4-7-16(15)18/h4-5,7,9,12-14,17,19-21,31,35H,6,8,10-11,27H2,1-3H3,(H,32,38)(H,33,36)(H,34,37)(H,39,40)(H4,28,29,30)/t14-,17+,19+,20+,21+/m1/s1. The number of carboxylic acid groups (broad SMARTS) is 1. The quantitative estimate of drug-likeness (QED) is 0.0709. The Kier molecular flexibility index (Phi) is 11.9. The van der Waals surface area contributed by atoms with Gasteiger partial charge in [-0.25, -0.2) is 4.79 Å². The molecule has 3 amide bonds. The van der Waals surface area contributed by atoms with Gasteiger partial charge in [-0.15, -0.1) is 0 Å². The first-order chi connectivity index (χ1) is 18.8. The number of aliphatic imine (C=N–C) groups is 1. The van der Waals surface area contributed by atoms with Gasteiger partial charge in [0.2, 0.25) is 17.7 Å². The second-order valence-electron chi connectivity index (χ2n) is 9.98. The number of para-hydroxylation sites is 1. The van der Waals surface area contributed by atoms with Crippen molar-refractivity contribution in [2.24, 2.45) is 28.1 Å². The number of amides is 3. The van der Waals surface area contributed by atoms with Crippen molar-refractivity contribution in [3.8, 4) is 0 Å². The van der Waals surface area contributed by atoms with Crippen LogP contribution in [0.4, 0.5) is 0 Å². The lowest BCUT2D eigenvalue weighted by molar-refractivity contribution is -0.143. The number of fused-ring (bicyclic) bond motifs is 1. The number of hydrogen-bond donors (Lipinski definition) is 9. The lowest BCUT2D eigenvalue weighted by Gasteiger charge is -2.28. The summed E-state index contributed by atoms with van der Waals surface area (Å²) in [6.07, 6.45) is 0.978. The van der Waals surface area contributed by atoms with Crippen LogP contribution in [0.2, 0.25) is 0 Å². The lowest BCUT2D eigenvalue weighted by Crippen LogP contribution is -2.61. The van der Waals surface area contributed by atoms with E-state index in [-0.39, 0.29) is 18.8 Å². The zero-order valence-corrected chi connectivity index (χ0v) is 22.9. The molecule has 5 atom stereocenters. The molecule has 2 rings (SSSR count). The number of aliphatic hydroxyl groups excluding tert-OH is 1. The highest BCUT2D eigenvalue weighted by Crippen LogP contribution is 2.19. The van der Waals surface area contributed by atoms with E-state index in [9.17, 15) is 29.4 Å². The SMILES string of the molecule is CC(C)[C@H](NC(=O)[C@@H](N)CCCN=C(N)N)C(=O)N[C@H](C(=O)N[C@@H](Cc1c[nH]c2ccccc12)C(=O)O)[C@@H](C)O. The third-order valence-electron chi connectivity index (χ3n) is 6.33. The van der Waals surface area contributed by atoms with Crippen LogP contribution in [0, 0.1) is 5.92 Å². The van der Waals surface area contributed by atoms with Crippen molar-refractivity contribution in [1.82, 2.24) is 20.9 Å². The van der Waals surface area contributed by atoms with Gasteiger partial charge in [0, 0.05) is 30.1 Å². The van der Waals surface area contributed by atoms with Gasteiger partial charge in [-0.3, -0.25) is 19.4 Å². The second kappa shape index (κ2) is 14.8. The van der Waals surface area contributed by atoms with Crippen LogP contribution in [0.3, 0.4) is 0 Å². The van der Waals surface area contributed by atoms with E-state index in [4.69, 9.17) is 17.2 Å². The average Bonchev–Trinajstić information content (AvgIpc) is 3.29. The summed E-state index contributed by atoms with van der Waals surface area (Å²) >= 11 is 0. The molecule has 0 saturated carbocycles. The molecule has 0 aliphatic carbocycles. The minimum atomic E-state index is -1.48. The van der Waals surface area contributed by atoms with Crippen LogP contribution in [0.1, 0.15) is 39.2 Å². The molecular formula is C26H40N8O6. The predicted octanol–water partition coefficient (Wildman–Crippen LogP) is -1.33. The van der Waals surface area contributed by atoms with Gasteiger partial charge in [0.1, 0.15) is 18.1 Å². The summed E-state index contributed by atoms with van der Waals surface area (Å²) < 4.78 is 0. The molecule has 12 N–H and O–H groups in total. The Bertz CT molecular complexity index is 1210. The van der Waals surface area contributed by atoms with Gasteiger partial charge in [0.05, 0.1) is 12.1 Å². The van der Waals surface area contributed by atoms with E-state index in [0.29, 0.717) is 18.5 Å². The van der Waals surface area contributed by atoms with Gasteiger partial charge in [0.15, 0.2) is 5.96 Å². The van der Waals surface area contributed by atoms with Crippen molar-refractivity contribution < 1.29 is 29.4 Å². The molecule has 40 heavy (non-hydrogen) atoms. The highest BCUT2D eigenvalue weighted by Gasteiger charge is 2.34. The van der Waals surface area contributed by atoms with E-state index in [2.05, 4.69) is 25.9 Å². The summed E-state index contributed by atoms with van der Waals surface area (Å²) in [7, 11) is 0. The average molecular weight is 561 g/mol. The number of aliphatic hydroxyl groups is 1. The lowest BCUT2D eigenvalue weighted by atomic mass is 10.0. The van der Waals surface area contributed by atoms with Crippen LogP contribution in [0.15, 0.2) is 35.5 Å². The number of hydrogen-bond acceptors (Lipinski definition) is 7. The normalized spacial score (nSPS) is 14.9. The van der Waals surface area contributed by atoms with Gasteiger partial charge in [-0.2, -0.15) is 0 Å². The number of nitrogens with two attached hydrogens (primary N) is 3. The van der Waals surface area contributed by atoms with E-state index in [0.717, 1.165) is 10.9 Å². The number of nitrogens with one attached hydrogen (secondary N) is 4. The van der Waals surface area contributed by atoms with Crippen LogP contribution in [0.5, 0.6) is 0 Å². The number of carboxylic acids is 1. The Morgan fingerprint density at radius 1 is 0.975 bits per heavy atom. The number of nitrogens with zero attached hydrogens (tertiary/aromatic N) is 1. The number of aromatic nitrogens is 1. The zero-order valence-electron chi connectivity index (χ0n) is 22.9. The Hall–Kier alpha value is -4.17. The fraction of sp³-hybridized carbons (Fsp3) is 0.500. The molecule has 14 nitrogen and oxygen atoms in total. The third kappa shape index (κ3) is 9.24. The molecule has 0 fully saturated rings. The maximum atomic E-state index is 13.1. The number of aliphatic carboxylic acids is 1. The van der Waals surface area contributed by atoms with E-state index < -0.39 is 59.9 Å². The van der Waals surface area contributed by atoms with Crippen molar-refractivity contribution in [2.45, 2.75) is 70.3 Å². The second-order valence-corrected chi connectivity index (χ2v) is 9.98. The number of carbonyl (C=O) groups excluding carboxylic acids is 3. The Balaban J connectivity index is 2.07. The summed E-state index contributed by atoms with van der Waals surface area (Å²) in [5.74, 6) is -3.96. The summed E-state index contributed by atoms with van der Waals surface area (Å²) in [4.78, 5) is 57.6. The molecule has 1 heterocycles. The number of aromatic amines is 1. The molecule has 0 aliphatic heterocycles. The van der Waals surface area contributed by atoms with Crippen molar-refractivity contribution in [2.75, 3.05) is 6.54 Å². The van der Waals surface area contributed by atoms with Gasteiger partial charge in [-0.05, 0) is 37.3 Å². The first kappa shape index (κ1) is 32.0. The molecule has 14 heteroatoms. The number of guanidine groups is 1. The number of benzene rings is 1. The maximum Gasteiger partial charge on any atom is 0.326 e. The molecule has 2 aromatic rings. The van der Waals surface area contributed by atoms with Crippen molar-refractivity contribution in [3.05, 3.63) is 36.0 Å². The molecule has 220 valence electrons. The Labute approximate surface area is 232 Å². The van der Waals surface area contributed by atoms with Crippen molar-refractivity contribution >= 4 is 40.6 Å². The molecule has 0 spiro atoms. The monoisotopic (exact) mass is 560 g/mol. The molecule has 1 aromatic heterocycles. The Morgan fingerprint density at radius 2 is 1.60 bits per heavy atom. The molecule has 0 radical (unpaired) electrons. The number of H-pyrrole nitrogens is 1. The maximum absolute atomic E-state index is 13.1. The van der Waals surface area contributed by atoms with E-state index >= 15 is 0 Å². The Morgan fingerprint density at radius 3 is 2.20 bits per heavy atom. The van der Waals surface area contributed by atoms with Crippen LogP contribution in [-0.2, 0) is 25.6 Å². The van der Waals surface area contributed by atoms with Crippen molar-refractivity contribution in [1.29, 1.82) is 0 Å². The van der Waals surface area contributed by atoms with Gasteiger partial charge < -0.3 is 48.3 Å². The highest BCUT2D eigenvalue weighted by atomic mass is 16.4. The van der Waals surface area contributed by atoms with E-state index in [1.807, 2.05) is 24.3 Å². The van der Waals surface area contributed by atoms with E-state index in [1.54, 1.807) is 20.0 Å². The fourth-order valence-corrected chi connectivity index (χ4v) is 4.08. The minimum absolute atomic E-state index is 0.0304. The summed E-state index contributed by atoms with van der Waals surface area (Å²) in [6.45, 7) is 4.96. The fourth-order valence-electron chi connectivity index (χ4n) is 4.08. The summed E-state index contributed by atoms with van der Waals surface area (Å²) in [5, 5.41) is 28.3. The van der Waals surface area contributed by atoms with Crippen LogP contribution in [-0.4, -0.2) is 81.7 Å². The number of carbonyl (C=O) groups is 4. The van der Waals surface area contributed by atoms with Crippen molar-refractivity contribution in [3.63, 3.8) is 0 Å². The number of rotatable bonds is 15. The predicted molar refractivity (Wildman–Crippen MR) is 150 cm³/mol. The van der Waals surface area contributed by atoms with Gasteiger partial charge >= 0.3 is 5.97 Å². The molecule has 0 aliphatic rings.